The van der Waals surface area contributed by atoms with Crippen molar-refractivity contribution in [3.63, 3.8) is 0 Å². The molecule has 2 aromatic rings. The maximum atomic E-state index is 13.5. The molecule has 0 aliphatic carbocycles. The zero-order chi connectivity index (χ0) is 26.6. The van der Waals surface area contributed by atoms with E-state index in [2.05, 4.69) is 26.3 Å². The van der Waals surface area contributed by atoms with Crippen LogP contribution in [0, 0.1) is 5.92 Å². The molecule has 0 saturated carbocycles. The SMILES string of the molecule is CCCC(=O)N[C@@H](Cc1nc2ccc(Cl)cc2s1)C(=O)N[C@H](CNC(=O)/C=C/CNC)C1CCOCC1. The van der Waals surface area contributed by atoms with Gasteiger partial charge in [0.2, 0.25) is 17.7 Å². The lowest BCUT2D eigenvalue weighted by Crippen LogP contribution is -2.55. The van der Waals surface area contributed by atoms with E-state index >= 15 is 0 Å². The second kappa shape index (κ2) is 15.0. The normalized spacial score (nSPS) is 16.0. The smallest absolute Gasteiger partial charge is 0.243 e. The van der Waals surface area contributed by atoms with Crippen LogP contribution in [0.3, 0.4) is 0 Å². The quantitative estimate of drug-likeness (QED) is 0.285. The summed E-state index contributed by atoms with van der Waals surface area (Å²) < 4.78 is 6.42. The number of fused-ring (bicyclic) bond motifs is 1. The fourth-order valence-corrected chi connectivity index (χ4v) is 5.49. The second-order valence-electron chi connectivity index (χ2n) is 9.06. The highest BCUT2D eigenvalue weighted by Crippen LogP contribution is 2.26. The molecule has 37 heavy (non-hydrogen) atoms. The molecule has 1 aliphatic rings. The van der Waals surface area contributed by atoms with Crippen molar-refractivity contribution in [2.45, 2.75) is 51.1 Å². The molecule has 3 rings (SSSR count). The number of nitrogens with zero attached hydrogens (tertiary/aromatic N) is 1. The molecule has 2 heterocycles. The van der Waals surface area contributed by atoms with E-state index in [-0.39, 0.29) is 42.6 Å². The topological polar surface area (TPSA) is 121 Å². The van der Waals surface area contributed by atoms with Crippen LogP contribution in [-0.2, 0) is 25.5 Å². The van der Waals surface area contributed by atoms with Crippen molar-refractivity contribution >= 4 is 50.9 Å². The van der Waals surface area contributed by atoms with Crippen molar-refractivity contribution in [3.8, 4) is 0 Å². The molecular formula is C26H36ClN5O4S. The Labute approximate surface area is 226 Å². The number of hydrogen-bond donors (Lipinski definition) is 4. The Kier molecular flexibility index (Phi) is 11.8. The van der Waals surface area contributed by atoms with E-state index in [1.807, 2.05) is 19.1 Å². The molecule has 0 unspecified atom stereocenters. The summed E-state index contributed by atoms with van der Waals surface area (Å²) in [6.07, 6.45) is 6.05. The summed E-state index contributed by atoms with van der Waals surface area (Å²) in [6, 6.07) is 4.39. The maximum Gasteiger partial charge on any atom is 0.243 e. The van der Waals surface area contributed by atoms with Gasteiger partial charge in [-0.15, -0.1) is 11.3 Å². The van der Waals surface area contributed by atoms with Crippen LogP contribution in [-0.4, -0.2) is 68.1 Å². The van der Waals surface area contributed by atoms with Crippen molar-refractivity contribution in [2.75, 3.05) is 33.4 Å². The molecule has 1 aromatic heterocycles. The first-order valence-electron chi connectivity index (χ1n) is 12.7. The third-order valence-corrected chi connectivity index (χ3v) is 7.43. The number of ether oxygens (including phenoxy) is 1. The monoisotopic (exact) mass is 549 g/mol. The zero-order valence-corrected chi connectivity index (χ0v) is 22.9. The van der Waals surface area contributed by atoms with Crippen molar-refractivity contribution in [2.24, 2.45) is 5.92 Å². The standard InChI is InChI=1S/C26H36ClN5O4S/c1-3-5-24(34)30-20(15-25-31-19-8-7-18(27)14-22(19)37-25)26(35)32-21(17-9-12-36-13-10-17)16-29-23(33)6-4-11-28-2/h4,6-8,14,17,20-21,28H,3,5,9-13,15-16H2,1-2H3,(H,29,33)(H,30,34)(H,32,35)/b6-4+/t20-,21+/m0/s1. The van der Waals surface area contributed by atoms with Crippen molar-refractivity contribution in [3.05, 3.63) is 40.4 Å². The molecule has 11 heteroatoms. The van der Waals surface area contributed by atoms with Gasteiger partial charge in [-0.25, -0.2) is 4.98 Å². The summed E-state index contributed by atoms with van der Waals surface area (Å²) in [5.74, 6) is -0.547. The molecule has 1 aliphatic heterocycles. The van der Waals surface area contributed by atoms with Gasteiger partial charge < -0.3 is 26.0 Å². The van der Waals surface area contributed by atoms with Crippen LogP contribution in [0.5, 0.6) is 0 Å². The lowest BCUT2D eigenvalue weighted by molar-refractivity contribution is -0.130. The van der Waals surface area contributed by atoms with E-state index in [4.69, 9.17) is 16.3 Å². The van der Waals surface area contributed by atoms with Gasteiger partial charge in [-0.3, -0.25) is 14.4 Å². The van der Waals surface area contributed by atoms with Crippen molar-refractivity contribution in [1.82, 2.24) is 26.3 Å². The van der Waals surface area contributed by atoms with E-state index < -0.39 is 6.04 Å². The number of carbonyl (C=O) groups excluding carboxylic acids is 3. The molecule has 9 nitrogen and oxygen atoms in total. The number of amides is 3. The summed E-state index contributed by atoms with van der Waals surface area (Å²) in [5, 5.41) is 13.2. The fraction of sp³-hybridized carbons (Fsp3) is 0.538. The molecule has 0 radical (unpaired) electrons. The van der Waals surface area contributed by atoms with E-state index in [1.165, 1.54) is 17.4 Å². The fourth-order valence-electron chi connectivity index (χ4n) is 4.20. The Balaban J connectivity index is 1.74. The summed E-state index contributed by atoms with van der Waals surface area (Å²) in [4.78, 5) is 42.9. The molecule has 4 N–H and O–H groups in total. The van der Waals surface area contributed by atoms with Gasteiger partial charge in [0.15, 0.2) is 0 Å². The minimum Gasteiger partial charge on any atom is -0.381 e. The van der Waals surface area contributed by atoms with E-state index in [0.29, 0.717) is 37.6 Å². The van der Waals surface area contributed by atoms with Crippen molar-refractivity contribution in [1.29, 1.82) is 0 Å². The van der Waals surface area contributed by atoms with E-state index in [0.717, 1.165) is 28.1 Å². The van der Waals surface area contributed by atoms with Crippen LogP contribution in [0.15, 0.2) is 30.4 Å². The Hall–Kier alpha value is -2.53. The van der Waals surface area contributed by atoms with Crippen LogP contribution in [0.4, 0.5) is 0 Å². The molecule has 1 fully saturated rings. The number of halogens is 1. The summed E-state index contributed by atoms with van der Waals surface area (Å²) in [6.45, 7) is 4.01. The first kappa shape index (κ1) is 29.0. The van der Waals surface area contributed by atoms with Gasteiger partial charge >= 0.3 is 0 Å². The minimum atomic E-state index is -0.788. The van der Waals surface area contributed by atoms with Crippen LogP contribution < -0.4 is 21.3 Å². The van der Waals surface area contributed by atoms with Crippen LogP contribution >= 0.6 is 22.9 Å². The second-order valence-corrected chi connectivity index (χ2v) is 10.6. The highest BCUT2D eigenvalue weighted by molar-refractivity contribution is 7.18. The van der Waals surface area contributed by atoms with Crippen molar-refractivity contribution < 1.29 is 19.1 Å². The minimum absolute atomic E-state index is 0.149. The highest BCUT2D eigenvalue weighted by Gasteiger charge is 2.30. The van der Waals surface area contributed by atoms with Gasteiger partial charge in [-0.1, -0.05) is 24.6 Å². The summed E-state index contributed by atoms with van der Waals surface area (Å²) in [7, 11) is 1.80. The molecule has 0 spiro atoms. The van der Waals surface area contributed by atoms with Gasteiger partial charge in [-0.05, 0) is 50.4 Å². The molecule has 202 valence electrons. The Morgan fingerprint density at radius 2 is 2.03 bits per heavy atom. The average molecular weight is 550 g/mol. The number of carbonyl (C=O) groups is 3. The number of nitrogens with one attached hydrogen (secondary N) is 4. The lowest BCUT2D eigenvalue weighted by atomic mass is 9.91. The van der Waals surface area contributed by atoms with Gasteiger partial charge in [0, 0.05) is 56.3 Å². The molecule has 1 aromatic carbocycles. The van der Waals surface area contributed by atoms with E-state index in [9.17, 15) is 14.4 Å². The maximum absolute atomic E-state index is 13.5. The molecular weight excluding hydrogens is 514 g/mol. The number of aromatic nitrogens is 1. The first-order valence-corrected chi connectivity index (χ1v) is 13.9. The summed E-state index contributed by atoms with van der Waals surface area (Å²) in [5.41, 5.74) is 0.803. The third-order valence-electron chi connectivity index (χ3n) is 6.15. The molecule has 2 atom stereocenters. The van der Waals surface area contributed by atoms with Gasteiger partial charge in [-0.2, -0.15) is 0 Å². The number of benzene rings is 1. The highest BCUT2D eigenvalue weighted by atomic mass is 35.5. The average Bonchev–Trinajstić information content (AvgIpc) is 3.28. The number of thiazole rings is 1. The Bertz CT molecular complexity index is 1090. The van der Waals surface area contributed by atoms with Crippen LogP contribution in [0.25, 0.3) is 10.2 Å². The summed E-state index contributed by atoms with van der Waals surface area (Å²) >= 11 is 7.57. The van der Waals surface area contributed by atoms with Crippen LogP contribution in [0.2, 0.25) is 5.02 Å². The predicted octanol–water partition coefficient (Wildman–Crippen LogP) is 2.58. The molecule has 0 bridgehead atoms. The lowest BCUT2D eigenvalue weighted by Gasteiger charge is -2.32. The largest absolute Gasteiger partial charge is 0.381 e. The number of rotatable bonds is 13. The molecule has 1 saturated heterocycles. The first-order chi connectivity index (χ1) is 17.9. The number of likely N-dealkylation sites (N-methyl/N-ethyl adjacent to an activating group) is 1. The Morgan fingerprint density at radius 1 is 1.24 bits per heavy atom. The predicted molar refractivity (Wildman–Crippen MR) is 147 cm³/mol. The van der Waals surface area contributed by atoms with Gasteiger partial charge in [0.25, 0.3) is 0 Å². The van der Waals surface area contributed by atoms with Gasteiger partial charge in [0.1, 0.15) is 6.04 Å². The third kappa shape index (κ3) is 9.37. The Morgan fingerprint density at radius 3 is 2.76 bits per heavy atom. The van der Waals surface area contributed by atoms with Gasteiger partial charge in [0.05, 0.1) is 15.2 Å². The zero-order valence-electron chi connectivity index (χ0n) is 21.3. The van der Waals surface area contributed by atoms with Crippen LogP contribution in [0.1, 0.15) is 37.6 Å². The molecule has 3 amide bonds. The number of hydrogen-bond acceptors (Lipinski definition) is 7. The van der Waals surface area contributed by atoms with E-state index in [1.54, 1.807) is 19.2 Å².